The monoisotopic (exact) mass is 360 g/mol. The molecule has 1 unspecified atom stereocenters. The van der Waals surface area contributed by atoms with Crippen molar-refractivity contribution in [3.05, 3.63) is 20.8 Å². The van der Waals surface area contributed by atoms with E-state index < -0.39 is 0 Å². The highest BCUT2D eigenvalue weighted by atomic mass is 79.9. The minimum atomic E-state index is 0.135. The van der Waals surface area contributed by atoms with Crippen LogP contribution in [-0.4, -0.2) is 49.3 Å². The Labute approximate surface area is 134 Å². The standard InChI is InChI=1S/C15H25BrN2OS/c1-4-17-14(10-13-9-12(16)11-20-13)15(2,3)18-5-7-19-8-6-18/h9,11,14,17H,4-8,10H2,1-3H3. The number of morpholine rings is 1. The van der Waals surface area contributed by atoms with E-state index in [0.29, 0.717) is 6.04 Å². The van der Waals surface area contributed by atoms with Crippen LogP contribution >= 0.6 is 27.3 Å². The minimum absolute atomic E-state index is 0.135. The number of nitrogens with zero attached hydrogens (tertiary/aromatic N) is 1. The molecular formula is C15H25BrN2OS. The second-order valence-electron chi connectivity index (χ2n) is 5.80. The van der Waals surface area contributed by atoms with Crippen LogP contribution < -0.4 is 5.32 Å². The van der Waals surface area contributed by atoms with Crippen molar-refractivity contribution in [2.75, 3.05) is 32.8 Å². The lowest BCUT2D eigenvalue weighted by Crippen LogP contribution is -2.61. The third-order valence-corrected chi connectivity index (χ3v) is 5.88. The second-order valence-corrected chi connectivity index (χ2v) is 7.71. The fourth-order valence-electron chi connectivity index (χ4n) is 2.84. The summed E-state index contributed by atoms with van der Waals surface area (Å²) in [6, 6.07) is 2.70. The van der Waals surface area contributed by atoms with Crippen LogP contribution in [0.1, 0.15) is 25.6 Å². The lowest BCUT2D eigenvalue weighted by Gasteiger charge is -2.46. The molecule has 0 radical (unpaired) electrons. The molecule has 1 N–H and O–H groups in total. The lowest BCUT2D eigenvalue weighted by molar-refractivity contribution is -0.0229. The van der Waals surface area contributed by atoms with Crippen LogP contribution in [0.5, 0.6) is 0 Å². The minimum Gasteiger partial charge on any atom is -0.379 e. The van der Waals surface area contributed by atoms with Crippen LogP contribution in [0.15, 0.2) is 15.9 Å². The van der Waals surface area contributed by atoms with E-state index in [9.17, 15) is 0 Å². The maximum atomic E-state index is 5.49. The van der Waals surface area contributed by atoms with E-state index >= 15 is 0 Å². The summed E-state index contributed by atoms with van der Waals surface area (Å²) in [6.45, 7) is 11.7. The molecule has 20 heavy (non-hydrogen) atoms. The van der Waals surface area contributed by atoms with Gasteiger partial charge in [-0.15, -0.1) is 11.3 Å². The van der Waals surface area contributed by atoms with Crippen molar-refractivity contribution in [1.82, 2.24) is 10.2 Å². The van der Waals surface area contributed by atoms with Gasteiger partial charge in [0.25, 0.3) is 0 Å². The number of likely N-dealkylation sites (N-methyl/N-ethyl adjacent to an activating group) is 1. The zero-order valence-corrected chi connectivity index (χ0v) is 15.0. The summed E-state index contributed by atoms with van der Waals surface area (Å²) in [5.74, 6) is 0. The highest BCUT2D eigenvalue weighted by Gasteiger charge is 2.35. The molecule has 0 aromatic carbocycles. The highest BCUT2D eigenvalue weighted by molar-refractivity contribution is 9.10. The Morgan fingerprint density at radius 2 is 2.15 bits per heavy atom. The summed E-state index contributed by atoms with van der Waals surface area (Å²) in [6.07, 6.45) is 1.08. The third kappa shape index (κ3) is 4.04. The van der Waals surface area contributed by atoms with Gasteiger partial charge in [-0.1, -0.05) is 6.92 Å². The van der Waals surface area contributed by atoms with Gasteiger partial charge in [-0.3, -0.25) is 4.90 Å². The van der Waals surface area contributed by atoms with Crippen molar-refractivity contribution in [2.45, 2.75) is 38.8 Å². The average molecular weight is 361 g/mol. The number of hydrogen-bond acceptors (Lipinski definition) is 4. The molecule has 0 amide bonds. The quantitative estimate of drug-likeness (QED) is 0.843. The Kier molecular flexibility index (Phi) is 6.05. The predicted molar refractivity (Wildman–Crippen MR) is 89.7 cm³/mol. The summed E-state index contributed by atoms with van der Waals surface area (Å²) in [4.78, 5) is 4.00. The van der Waals surface area contributed by atoms with Gasteiger partial charge in [-0.25, -0.2) is 0 Å². The first kappa shape index (κ1) is 16.4. The Hall–Kier alpha value is 0.0600. The molecule has 3 nitrogen and oxygen atoms in total. The van der Waals surface area contributed by atoms with Crippen LogP contribution in [0.2, 0.25) is 0 Å². The Morgan fingerprint density at radius 3 is 2.70 bits per heavy atom. The van der Waals surface area contributed by atoms with Gasteiger partial charge in [0.1, 0.15) is 0 Å². The molecule has 1 aromatic heterocycles. The van der Waals surface area contributed by atoms with Gasteiger partial charge >= 0.3 is 0 Å². The van der Waals surface area contributed by atoms with Crippen molar-refractivity contribution in [2.24, 2.45) is 0 Å². The van der Waals surface area contributed by atoms with Gasteiger partial charge in [0, 0.05) is 39.4 Å². The van der Waals surface area contributed by atoms with Gasteiger partial charge < -0.3 is 10.1 Å². The molecule has 0 saturated carbocycles. The molecule has 1 aromatic rings. The predicted octanol–water partition coefficient (Wildman–Crippen LogP) is 3.14. The summed E-state index contributed by atoms with van der Waals surface area (Å²) in [5.41, 5.74) is 0.135. The maximum absolute atomic E-state index is 5.49. The highest BCUT2D eigenvalue weighted by Crippen LogP contribution is 2.27. The van der Waals surface area contributed by atoms with Gasteiger partial charge in [0.15, 0.2) is 0 Å². The second kappa shape index (κ2) is 7.36. The van der Waals surface area contributed by atoms with Gasteiger partial charge in [0.2, 0.25) is 0 Å². The number of rotatable bonds is 6. The van der Waals surface area contributed by atoms with E-state index in [-0.39, 0.29) is 5.54 Å². The summed E-state index contributed by atoms with van der Waals surface area (Å²) < 4.78 is 6.68. The Balaban J connectivity index is 2.08. The van der Waals surface area contributed by atoms with Crippen molar-refractivity contribution in [3.63, 3.8) is 0 Å². The smallest absolute Gasteiger partial charge is 0.0594 e. The Bertz CT molecular complexity index is 416. The van der Waals surface area contributed by atoms with Gasteiger partial charge in [-0.05, 0) is 48.8 Å². The molecule has 0 bridgehead atoms. The number of nitrogens with one attached hydrogen (secondary N) is 1. The van der Waals surface area contributed by atoms with Crippen LogP contribution in [0.4, 0.5) is 0 Å². The SMILES string of the molecule is CCNC(Cc1cc(Br)cs1)C(C)(C)N1CCOCC1. The molecule has 114 valence electrons. The van der Waals surface area contributed by atoms with Gasteiger partial charge in [-0.2, -0.15) is 0 Å². The number of thiophene rings is 1. The first-order valence-corrected chi connectivity index (χ1v) is 9.00. The van der Waals surface area contributed by atoms with Crippen LogP contribution in [0.25, 0.3) is 0 Å². The largest absolute Gasteiger partial charge is 0.379 e. The molecule has 0 aliphatic carbocycles. The number of halogens is 1. The molecule has 1 aliphatic rings. The fourth-order valence-corrected chi connectivity index (χ4v) is 4.34. The van der Waals surface area contributed by atoms with E-state index in [4.69, 9.17) is 4.74 Å². The number of ether oxygens (including phenoxy) is 1. The zero-order valence-electron chi connectivity index (χ0n) is 12.6. The molecule has 2 rings (SSSR count). The Morgan fingerprint density at radius 1 is 1.45 bits per heavy atom. The van der Waals surface area contributed by atoms with Crippen LogP contribution in [0, 0.1) is 0 Å². The summed E-state index contributed by atoms with van der Waals surface area (Å²) >= 11 is 5.39. The first-order chi connectivity index (χ1) is 9.54. The van der Waals surface area contributed by atoms with Crippen molar-refractivity contribution in [3.8, 4) is 0 Å². The molecule has 0 spiro atoms. The van der Waals surface area contributed by atoms with E-state index in [1.54, 1.807) is 0 Å². The molecule has 1 fully saturated rings. The van der Waals surface area contributed by atoms with Gasteiger partial charge in [0.05, 0.1) is 13.2 Å². The zero-order chi connectivity index (χ0) is 14.6. The van der Waals surface area contributed by atoms with Crippen LogP contribution in [0.3, 0.4) is 0 Å². The van der Waals surface area contributed by atoms with Crippen molar-refractivity contribution < 1.29 is 4.74 Å². The van der Waals surface area contributed by atoms with E-state index in [0.717, 1.165) is 39.3 Å². The van der Waals surface area contributed by atoms with E-state index in [1.165, 1.54) is 9.35 Å². The molecule has 1 atom stereocenters. The molecule has 2 heterocycles. The average Bonchev–Trinajstić information content (AvgIpc) is 2.85. The fraction of sp³-hybridized carbons (Fsp3) is 0.733. The molecule has 5 heteroatoms. The summed E-state index contributed by atoms with van der Waals surface area (Å²) in [7, 11) is 0. The molecular weight excluding hydrogens is 336 g/mol. The van der Waals surface area contributed by atoms with Crippen LogP contribution in [-0.2, 0) is 11.2 Å². The van der Waals surface area contributed by atoms with Crippen molar-refractivity contribution >= 4 is 27.3 Å². The van der Waals surface area contributed by atoms with Crippen molar-refractivity contribution in [1.29, 1.82) is 0 Å². The maximum Gasteiger partial charge on any atom is 0.0594 e. The lowest BCUT2D eigenvalue weighted by atomic mass is 9.89. The number of hydrogen-bond donors (Lipinski definition) is 1. The molecule has 1 saturated heterocycles. The third-order valence-electron chi connectivity index (χ3n) is 4.16. The van der Waals surface area contributed by atoms with E-state index in [2.05, 4.69) is 58.4 Å². The van der Waals surface area contributed by atoms with E-state index in [1.807, 2.05) is 11.3 Å². The summed E-state index contributed by atoms with van der Waals surface area (Å²) in [5, 5.41) is 5.85. The normalized spacial score (nSPS) is 19.2. The first-order valence-electron chi connectivity index (χ1n) is 7.33. The molecule has 1 aliphatic heterocycles. The topological polar surface area (TPSA) is 24.5 Å².